The molecule has 3 aromatic rings. The summed E-state index contributed by atoms with van der Waals surface area (Å²) in [5.74, 6) is 0.395. The molecule has 1 aliphatic rings. The maximum atomic E-state index is 13.5. The van der Waals surface area contributed by atoms with E-state index in [0.717, 1.165) is 11.3 Å². The number of imide groups is 1. The normalized spacial score (nSPS) is 13.8. The second kappa shape index (κ2) is 9.10. The minimum atomic E-state index is -0.375. The molecule has 0 unspecified atom stereocenters. The summed E-state index contributed by atoms with van der Waals surface area (Å²) in [6.45, 7) is 6.71. The fourth-order valence-electron chi connectivity index (χ4n) is 3.71. The van der Waals surface area contributed by atoms with Crippen LogP contribution in [0.2, 0.25) is 0 Å². The molecule has 0 aliphatic carbocycles. The molecule has 1 aliphatic heterocycles. The van der Waals surface area contributed by atoms with Gasteiger partial charge >= 0.3 is 0 Å². The third-order valence-corrected chi connectivity index (χ3v) is 5.40. The summed E-state index contributed by atoms with van der Waals surface area (Å²) >= 11 is 0. The summed E-state index contributed by atoms with van der Waals surface area (Å²) in [5, 5.41) is 3.18. The first-order valence-corrected chi connectivity index (χ1v) is 10.8. The number of rotatable bonds is 7. The van der Waals surface area contributed by atoms with Crippen molar-refractivity contribution in [1.29, 1.82) is 0 Å². The molecule has 3 aromatic carbocycles. The van der Waals surface area contributed by atoms with Crippen LogP contribution < -0.4 is 15.0 Å². The first kappa shape index (κ1) is 21.4. The number of amides is 2. The van der Waals surface area contributed by atoms with E-state index in [1.54, 1.807) is 0 Å². The molecule has 1 heterocycles. The quantitative estimate of drug-likeness (QED) is 0.499. The maximum absolute atomic E-state index is 13.5. The van der Waals surface area contributed by atoms with Crippen LogP contribution in [0, 0.1) is 0 Å². The van der Waals surface area contributed by atoms with Crippen molar-refractivity contribution in [3.05, 3.63) is 95.7 Å². The average Bonchev–Trinajstić information content (AvgIpc) is 3.05. The van der Waals surface area contributed by atoms with E-state index in [4.69, 9.17) is 4.74 Å². The molecule has 0 spiro atoms. The van der Waals surface area contributed by atoms with Crippen molar-refractivity contribution in [1.82, 2.24) is 0 Å². The van der Waals surface area contributed by atoms with Gasteiger partial charge in [-0.15, -0.1) is 0 Å². The Morgan fingerprint density at radius 1 is 0.844 bits per heavy atom. The SMILES string of the molecule is CCOc1ccc(NC2=C(c3ccccc3)C(=O)N(c3ccc(C(C)C)cc3)C2=O)cc1. The fraction of sp³-hybridized carbons (Fsp3) is 0.185. The third kappa shape index (κ3) is 4.14. The number of carbonyl (C=O) groups is 2. The molecule has 0 saturated carbocycles. The summed E-state index contributed by atoms with van der Waals surface area (Å²) in [6, 6.07) is 24.2. The highest BCUT2D eigenvalue weighted by atomic mass is 16.5. The summed E-state index contributed by atoms with van der Waals surface area (Å²) in [4.78, 5) is 28.2. The number of carbonyl (C=O) groups excluding carboxylic acids is 2. The minimum absolute atomic E-state index is 0.262. The molecule has 1 N–H and O–H groups in total. The van der Waals surface area contributed by atoms with Crippen LogP contribution in [0.4, 0.5) is 11.4 Å². The number of hydrogen-bond acceptors (Lipinski definition) is 4. The van der Waals surface area contributed by atoms with Crippen LogP contribution in [0.3, 0.4) is 0 Å². The van der Waals surface area contributed by atoms with Gasteiger partial charge in [0, 0.05) is 5.69 Å². The van der Waals surface area contributed by atoms with Crippen molar-refractivity contribution < 1.29 is 14.3 Å². The number of hydrogen-bond donors (Lipinski definition) is 1. The van der Waals surface area contributed by atoms with Gasteiger partial charge in [0.05, 0.1) is 17.9 Å². The van der Waals surface area contributed by atoms with Crippen LogP contribution in [-0.4, -0.2) is 18.4 Å². The lowest BCUT2D eigenvalue weighted by molar-refractivity contribution is -0.120. The van der Waals surface area contributed by atoms with E-state index in [1.165, 1.54) is 4.90 Å². The Hall–Kier alpha value is -3.86. The molecule has 0 saturated heterocycles. The van der Waals surface area contributed by atoms with Crippen molar-refractivity contribution in [2.75, 3.05) is 16.8 Å². The lowest BCUT2D eigenvalue weighted by atomic mass is 10.0. The Balaban J connectivity index is 1.72. The molecule has 4 rings (SSSR count). The zero-order valence-corrected chi connectivity index (χ0v) is 18.5. The summed E-state index contributed by atoms with van der Waals surface area (Å²) in [7, 11) is 0. The van der Waals surface area contributed by atoms with Gasteiger partial charge < -0.3 is 10.1 Å². The summed E-state index contributed by atoms with van der Waals surface area (Å²) < 4.78 is 5.49. The van der Waals surface area contributed by atoms with Crippen LogP contribution in [0.5, 0.6) is 5.75 Å². The van der Waals surface area contributed by atoms with Gasteiger partial charge in [-0.2, -0.15) is 0 Å². The van der Waals surface area contributed by atoms with Crippen molar-refractivity contribution in [3.8, 4) is 5.75 Å². The molecule has 0 aromatic heterocycles. The highest BCUT2D eigenvalue weighted by Gasteiger charge is 2.40. The fourth-order valence-corrected chi connectivity index (χ4v) is 3.71. The Labute approximate surface area is 188 Å². The second-order valence-electron chi connectivity index (χ2n) is 7.89. The predicted molar refractivity (Wildman–Crippen MR) is 128 cm³/mol. The Morgan fingerprint density at radius 2 is 1.50 bits per heavy atom. The second-order valence-corrected chi connectivity index (χ2v) is 7.89. The smallest absolute Gasteiger partial charge is 0.282 e. The number of benzene rings is 3. The van der Waals surface area contributed by atoms with Gasteiger partial charge in [0.2, 0.25) is 0 Å². The first-order chi connectivity index (χ1) is 15.5. The standard InChI is InChI=1S/C27H26N2O3/c1-4-32-23-16-12-21(13-17-23)28-25-24(20-8-6-5-7-9-20)26(30)29(27(25)31)22-14-10-19(11-15-22)18(2)3/h5-18,28H,4H2,1-3H3. The van der Waals surface area contributed by atoms with Gasteiger partial charge in [-0.3, -0.25) is 9.59 Å². The predicted octanol–water partition coefficient (Wildman–Crippen LogP) is 5.61. The molecular weight excluding hydrogens is 400 g/mol. The Bertz CT molecular complexity index is 1150. The van der Waals surface area contributed by atoms with Gasteiger partial charge in [0.15, 0.2) is 0 Å². The van der Waals surface area contributed by atoms with E-state index in [1.807, 2.05) is 85.8 Å². The minimum Gasteiger partial charge on any atom is -0.494 e. The third-order valence-electron chi connectivity index (χ3n) is 5.40. The average molecular weight is 427 g/mol. The van der Waals surface area contributed by atoms with Gasteiger partial charge in [-0.25, -0.2) is 4.90 Å². The van der Waals surface area contributed by atoms with Gasteiger partial charge in [-0.05, 0) is 60.4 Å². The van der Waals surface area contributed by atoms with Gasteiger partial charge in [0.1, 0.15) is 11.4 Å². The van der Waals surface area contributed by atoms with Crippen molar-refractivity contribution in [2.24, 2.45) is 0 Å². The van der Waals surface area contributed by atoms with Crippen LogP contribution in [0.1, 0.15) is 37.8 Å². The van der Waals surface area contributed by atoms with Gasteiger partial charge in [0.25, 0.3) is 11.8 Å². The molecule has 0 bridgehead atoms. The van der Waals surface area contributed by atoms with E-state index >= 15 is 0 Å². The topological polar surface area (TPSA) is 58.6 Å². The van der Waals surface area contributed by atoms with Crippen LogP contribution in [0.25, 0.3) is 5.57 Å². The number of anilines is 2. The molecule has 5 nitrogen and oxygen atoms in total. The molecular formula is C27H26N2O3. The monoisotopic (exact) mass is 426 g/mol. The molecule has 0 radical (unpaired) electrons. The lowest BCUT2D eigenvalue weighted by Gasteiger charge is -2.16. The zero-order chi connectivity index (χ0) is 22.7. The summed E-state index contributed by atoms with van der Waals surface area (Å²) in [5.41, 5.74) is 3.73. The number of nitrogens with zero attached hydrogens (tertiary/aromatic N) is 1. The Morgan fingerprint density at radius 3 is 2.09 bits per heavy atom. The van der Waals surface area contributed by atoms with Crippen LogP contribution in [-0.2, 0) is 9.59 Å². The molecule has 0 atom stereocenters. The summed E-state index contributed by atoms with van der Waals surface area (Å²) in [6.07, 6.45) is 0. The van der Waals surface area contributed by atoms with Crippen LogP contribution >= 0.6 is 0 Å². The Kier molecular flexibility index (Phi) is 6.08. The van der Waals surface area contributed by atoms with E-state index in [0.29, 0.717) is 35.0 Å². The van der Waals surface area contributed by atoms with Crippen molar-refractivity contribution in [2.45, 2.75) is 26.7 Å². The van der Waals surface area contributed by atoms with Crippen molar-refractivity contribution in [3.63, 3.8) is 0 Å². The highest BCUT2D eigenvalue weighted by Crippen LogP contribution is 2.34. The maximum Gasteiger partial charge on any atom is 0.282 e. The number of nitrogens with one attached hydrogen (secondary N) is 1. The van der Waals surface area contributed by atoms with Crippen molar-refractivity contribution >= 4 is 28.8 Å². The van der Waals surface area contributed by atoms with Crippen LogP contribution in [0.15, 0.2) is 84.6 Å². The molecule has 162 valence electrons. The lowest BCUT2D eigenvalue weighted by Crippen LogP contribution is -2.32. The van der Waals surface area contributed by atoms with E-state index in [-0.39, 0.29) is 17.5 Å². The molecule has 5 heteroatoms. The first-order valence-electron chi connectivity index (χ1n) is 10.8. The van der Waals surface area contributed by atoms with E-state index in [9.17, 15) is 9.59 Å². The number of ether oxygens (including phenoxy) is 1. The molecule has 0 fully saturated rings. The zero-order valence-electron chi connectivity index (χ0n) is 18.5. The van der Waals surface area contributed by atoms with E-state index in [2.05, 4.69) is 19.2 Å². The molecule has 2 amide bonds. The highest BCUT2D eigenvalue weighted by molar-refractivity contribution is 6.46. The van der Waals surface area contributed by atoms with E-state index < -0.39 is 0 Å². The molecule has 32 heavy (non-hydrogen) atoms. The van der Waals surface area contributed by atoms with Gasteiger partial charge in [-0.1, -0.05) is 56.3 Å². The largest absolute Gasteiger partial charge is 0.494 e.